The number of anilines is 2. The van der Waals surface area contributed by atoms with Crippen molar-refractivity contribution >= 4 is 29.1 Å². The molecule has 0 spiro atoms. The van der Waals surface area contributed by atoms with E-state index in [4.69, 9.17) is 0 Å². The van der Waals surface area contributed by atoms with E-state index in [1.807, 2.05) is 0 Å². The molecule has 3 aliphatic rings. The van der Waals surface area contributed by atoms with Crippen molar-refractivity contribution < 1.29 is 14.4 Å². The summed E-state index contributed by atoms with van der Waals surface area (Å²) in [5, 5.41) is 2.76. The lowest BCUT2D eigenvalue weighted by atomic mass is 9.85. The molecule has 5 nitrogen and oxygen atoms in total. The summed E-state index contributed by atoms with van der Waals surface area (Å²) in [6.07, 6.45) is 5.51. The molecule has 2 aliphatic carbocycles. The van der Waals surface area contributed by atoms with E-state index in [1.165, 1.54) is 4.90 Å². The molecule has 1 aromatic rings. The van der Waals surface area contributed by atoms with Crippen LogP contribution in [0.15, 0.2) is 36.4 Å². The van der Waals surface area contributed by atoms with E-state index in [9.17, 15) is 14.4 Å². The summed E-state index contributed by atoms with van der Waals surface area (Å²) < 4.78 is 0. The van der Waals surface area contributed by atoms with Crippen molar-refractivity contribution in [2.24, 2.45) is 23.7 Å². The third kappa shape index (κ3) is 2.03. The number of rotatable bonds is 3. The van der Waals surface area contributed by atoms with E-state index in [2.05, 4.69) is 17.5 Å². The van der Waals surface area contributed by atoms with Crippen molar-refractivity contribution in [2.45, 2.75) is 19.8 Å². The van der Waals surface area contributed by atoms with Gasteiger partial charge in [0.25, 0.3) is 0 Å². The number of benzene rings is 1. The lowest BCUT2D eigenvalue weighted by Gasteiger charge is -2.17. The molecule has 1 aromatic carbocycles. The average Bonchev–Trinajstić information content (AvgIpc) is 3.23. The lowest BCUT2D eigenvalue weighted by molar-refractivity contribution is -0.123. The highest BCUT2D eigenvalue weighted by Gasteiger charge is 2.59. The normalized spacial score (nSPS) is 30.9. The van der Waals surface area contributed by atoms with Gasteiger partial charge in [0.1, 0.15) is 0 Å². The first kappa shape index (κ1) is 14.2. The van der Waals surface area contributed by atoms with Gasteiger partial charge in [-0.25, -0.2) is 0 Å². The highest BCUT2D eigenvalue weighted by atomic mass is 16.2. The van der Waals surface area contributed by atoms with Gasteiger partial charge < -0.3 is 5.32 Å². The third-order valence-electron chi connectivity index (χ3n) is 5.20. The number of fused-ring (bicyclic) bond motifs is 5. The summed E-state index contributed by atoms with van der Waals surface area (Å²) in [6, 6.07) is 6.89. The minimum Gasteiger partial charge on any atom is -0.326 e. The van der Waals surface area contributed by atoms with Gasteiger partial charge in [0, 0.05) is 12.1 Å². The van der Waals surface area contributed by atoms with Crippen molar-refractivity contribution in [2.75, 3.05) is 10.2 Å². The number of hydrogen-bond acceptors (Lipinski definition) is 3. The van der Waals surface area contributed by atoms with Gasteiger partial charge in [-0.15, -0.1) is 0 Å². The minimum atomic E-state index is -0.183. The SMILES string of the molecule is CCC(=O)Nc1ccc(N2C(=O)[C@@H]3[C@H](C2=O)[C@H]2C=C[C@H]3C2)cc1. The van der Waals surface area contributed by atoms with Crippen LogP contribution in [0.3, 0.4) is 0 Å². The van der Waals surface area contributed by atoms with Gasteiger partial charge in [-0.3, -0.25) is 19.3 Å². The van der Waals surface area contributed by atoms with Crippen LogP contribution in [0.2, 0.25) is 0 Å². The van der Waals surface area contributed by atoms with Crippen LogP contribution in [0.4, 0.5) is 11.4 Å². The first-order chi connectivity index (χ1) is 11.1. The van der Waals surface area contributed by atoms with Crippen molar-refractivity contribution in [3.8, 4) is 0 Å². The van der Waals surface area contributed by atoms with Crippen molar-refractivity contribution in [1.29, 1.82) is 0 Å². The van der Waals surface area contributed by atoms with Crippen LogP contribution in [0.25, 0.3) is 0 Å². The van der Waals surface area contributed by atoms with Crippen LogP contribution >= 0.6 is 0 Å². The molecule has 118 valence electrons. The van der Waals surface area contributed by atoms with E-state index in [0.29, 0.717) is 17.8 Å². The Morgan fingerprint density at radius 2 is 1.65 bits per heavy atom. The Morgan fingerprint density at radius 1 is 1.09 bits per heavy atom. The molecule has 1 N–H and O–H groups in total. The zero-order valence-corrected chi connectivity index (χ0v) is 12.9. The summed E-state index contributed by atoms with van der Waals surface area (Å²) >= 11 is 0. The van der Waals surface area contributed by atoms with Gasteiger partial charge in [0.05, 0.1) is 17.5 Å². The highest BCUT2D eigenvalue weighted by Crippen LogP contribution is 2.53. The van der Waals surface area contributed by atoms with E-state index in [1.54, 1.807) is 31.2 Å². The van der Waals surface area contributed by atoms with Crippen LogP contribution in [-0.2, 0) is 14.4 Å². The summed E-state index contributed by atoms with van der Waals surface area (Å²) in [7, 11) is 0. The van der Waals surface area contributed by atoms with E-state index in [-0.39, 0.29) is 41.4 Å². The van der Waals surface area contributed by atoms with Crippen molar-refractivity contribution in [1.82, 2.24) is 0 Å². The highest BCUT2D eigenvalue weighted by molar-refractivity contribution is 6.22. The molecule has 1 saturated carbocycles. The molecule has 1 saturated heterocycles. The van der Waals surface area contributed by atoms with Crippen LogP contribution in [0.1, 0.15) is 19.8 Å². The van der Waals surface area contributed by atoms with Crippen LogP contribution in [0, 0.1) is 23.7 Å². The van der Waals surface area contributed by atoms with Crippen LogP contribution in [-0.4, -0.2) is 17.7 Å². The summed E-state index contributed by atoms with van der Waals surface area (Å²) in [5.74, 6) is -0.161. The molecule has 0 aromatic heterocycles. The van der Waals surface area contributed by atoms with Crippen LogP contribution in [0.5, 0.6) is 0 Å². The van der Waals surface area contributed by atoms with E-state index in [0.717, 1.165) is 6.42 Å². The number of imide groups is 1. The average molecular weight is 310 g/mol. The predicted octanol–water partition coefficient (Wildman–Crippen LogP) is 2.35. The fourth-order valence-electron chi connectivity index (χ4n) is 4.10. The smallest absolute Gasteiger partial charge is 0.238 e. The monoisotopic (exact) mass is 310 g/mol. The fraction of sp³-hybridized carbons (Fsp3) is 0.389. The molecule has 3 amide bonds. The summed E-state index contributed by atoms with van der Waals surface area (Å²) in [5.41, 5.74) is 1.25. The quantitative estimate of drug-likeness (QED) is 0.688. The largest absolute Gasteiger partial charge is 0.326 e. The molecule has 1 heterocycles. The standard InChI is InChI=1S/C18H18N2O3/c1-2-14(21)19-12-5-7-13(8-6-12)20-17(22)15-10-3-4-11(9-10)16(15)18(20)23/h3-8,10-11,15-16H,2,9H2,1H3,(H,19,21)/t10-,11-,15-,16+/m0/s1. The molecule has 0 radical (unpaired) electrons. The fourth-order valence-corrected chi connectivity index (χ4v) is 4.10. The maximum Gasteiger partial charge on any atom is 0.238 e. The van der Waals surface area contributed by atoms with Crippen LogP contribution < -0.4 is 10.2 Å². The number of nitrogens with one attached hydrogen (secondary N) is 1. The first-order valence-corrected chi connectivity index (χ1v) is 8.06. The third-order valence-corrected chi connectivity index (χ3v) is 5.20. The maximum atomic E-state index is 12.7. The van der Waals surface area contributed by atoms with Gasteiger partial charge in [0.2, 0.25) is 17.7 Å². The zero-order chi connectivity index (χ0) is 16.1. The maximum absolute atomic E-state index is 12.7. The first-order valence-electron chi connectivity index (χ1n) is 8.06. The number of hydrogen-bond donors (Lipinski definition) is 1. The summed E-state index contributed by atoms with van der Waals surface area (Å²) in [4.78, 5) is 38.1. The Labute approximate surface area is 134 Å². The molecule has 1 aliphatic heterocycles. The number of nitrogens with zero attached hydrogens (tertiary/aromatic N) is 1. The second kappa shape index (κ2) is 5.05. The van der Waals surface area contributed by atoms with Gasteiger partial charge in [-0.2, -0.15) is 0 Å². The van der Waals surface area contributed by atoms with Gasteiger partial charge in [-0.1, -0.05) is 19.1 Å². The molecule has 23 heavy (non-hydrogen) atoms. The molecule has 2 fully saturated rings. The number of allylic oxidation sites excluding steroid dienone is 2. The predicted molar refractivity (Wildman–Crippen MR) is 85.6 cm³/mol. The van der Waals surface area contributed by atoms with Crippen molar-refractivity contribution in [3.05, 3.63) is 36.4 Å². The molecular formula is C18H18N2O3. The molecule has 0 unspecified atom stereocenters. The zero-order valence-electron chi connectivity index (χ0n) is 12.9. The molecule has 4 atom stereocenters. The molecular weight excluding hydrogens is 292 g/mol. The lowest BCUT2D eigenvalue weighted by Crippen LogP contribution is -2.32. The van der Waals surface area contributed by atoms with E-state index >= 15 is 0 Å². The number of amides is 3. The van der Waals surface area contributed by atoms with Crippen molar-refractivity contribution in [3.63, 3.8) is 0 Å². The second-order valence-corrected chi connectivity index (χ2v) is 6.46. The Bertz CT molecular complexity index is 692. The number of carbonyl (C=O) groups excluding carboxylic acids is 3. The second-order valence-electron chi connectivity index (χ2n) is 6.46. The van der Waals surface area contributed by atoms with Gasteiger partial charge >= 0.3 is 0 Å². The number of carbonyl (C=O) groups is 3. The van der Waals surface area contributed by atoms with Gasteiger partial charge in [0.15, 0.2) is 0 Å². The molecule has 4 rings (SSSR count). The molecule has 5 heteroatoms. The Morgan fingerprint density at radius 3 is 2.17 bits per heavy atom. The topological polar surface area (TPSA) is 66.5 Å². The molecule has 2 bridgehead atoms. The Balaban J connectivity index is 1.58. The van der Waals surface area contributed by atoms with E-state index < -0.39 is 0 Å². The van der Waals surface area contributed by atoms with Gasteiger partial charge in [-0.05, 0) is 42.5 Å². The Kier molecular flexibility index (Phi) is 3.11. The Hall–Kier alpha value is -2.43. The minimum absolute atomic E-state index is 0.0664. The summed E-state index contributed by atoms with van der Waals surface area (Å²) in [6.45, 7) is 1.78.